The van der Waals surface area contributed by atoms with Crippen LogP contribution in [0.25, 0.3) is 11.3 Å². The van der Waals surface area contributed by atoms with Crippen molar-refractivity contribution in [1.29, 1.82) is 0 Å². The van der Waals surface area contributed by atoms with E-state index in [0.717, 1.165) is 34.6 Å². The molecule has 0 aliphatic carbocycles. The predicted molar refractivity (Wildman–Crippen MR) is 106 cm³/mol. The summed E-state index contributed by atoms with van der Waals surface area (Å²) >= 11 is 1.57. The number of nitrogen functional groups attached to an aromatic ring is 1. The molecular formula is C19H24N5O2S+. The quantitative estimate of drug-likeness (QED) is 0.594. The lowest BCUT2D eigenvalue weighted by Crippen LogP contribution is -2.35. The minimum absolute atomic E-state index is 0.00863. The normalized spacial score (nSPS) is 15.8. The van der Waals surface area contributed by atoms with Crippen molar-refractivity contribution < 1.29 is 13.6 Å². The number of carbonyl (C=O) groups excluding carboxylic acids is 2. The van der Waals surface area contributed by atoms with Crippen molar-refractivity contribution in [3.05, 3.63) is 41.2 Å². The van der Waals surface area contributed by atoms with E-state index in [1.807, 2.05) is 36.1 Å². The summed E-state index contributed by atoms with van der Waals surface area (Å²) in [5.41, 5.74) is 10.1. The van der Waals surface area contributed by atoms with Gasteiger partial charge in [-0.2, -0.15) is 0 Å². The molecule has 1 aromatic heterocycles. The Morgan fingerprint density at radius 2 is 1.81 bits per heavy atom. The maximum atomic E-state index is 12.6. The zero-order chi connectivity index (χ0) is 19.4. The summed E-state index contributed by atoms with van der Waals surface area (Å²) in [7, 11) is 0. The summed E-state index contributed by atoms with van der Waals surface area (Å²) in [6, 6.07) is 3.85. The number of amides is 2. The lowest BCUT2D eigenvalue weighted by molar-refractivity contribution is -0.493. The highest BCUT2D eigenvalue weighted by Gasteiger charge is 2.18. The van der Waals surface area contributed by atoms with E-state index in [1.165, 1.54) is 0 Å². The van der Waals surface area contributed by atoms with Gasteiger partial charge in [0.25, 0.3) is 5.91 Å². The Kier molecular flexibility index (Phi) is 5.95. The zero-order valence-corrected chi connectivity index (χ0v) is 16.4. The SMILES string of the molecule is Cc1cc(C)c2cc1C(=O)NCCNC(=O)CCCS[n+]1cc(N)nc-2c1. The van der Waals surface area contributed by atoms with Gasteiger partial charge in [-0.15, -0.1) is 3.97 Å². The average molecular weight is 387 g/mol. The molecule has 1 aromatic carbocycles. The first kappa shape index (κ1) is 19.2. The number of nitrogens with one attached hydrogen (secondary N) is 2. The number of fused-ring (bicyclic) bond motifs is 5. The second-order valence-corrected chi connectivity index (χ2v) is 7.65. The Balaban J connectivity index is 2.03. The number of nitrogens with zero attached hydrogens (tertiary/aromatic N) is 2. The molecule has 1 aliphatic rings. The topological polar surface area (TPSA) is 101 Å². The molecule has 0 spiro atoms. The summed E-state index contributed by atoms with van der Waals surface area (Å²) in [6.07, 6.45) is 4.87. The van der Waals surface area contributed by atoms with E-state index >= 15 is 0 Å². The third-order valence-corrected chi connectivity index (χ3v) is 5.35. The third-order valence-electron chi connectivity index (χ3n) is 4.37. The van der Waals surface area contributed by atoms with Crippen LogP contribution in [0.2, 0.25) is 0 Å². The van der Waals surface area contributed by atoms with E-state index in [9.17, 15) is 9.59 Å². The summed E-state index contributed by atoms with van der Waals surface area (Å²) in [6.45, 7) is 4.72. The van der Waals surface area contributed by atoms with E-state index in [1.54, 1.807) is 18.1 Å². The molecule has 2 aromatic rings. The maximum Gasteiger partial charge on any atom is 0.251 e. The first-order valence-electron chi connectivity index (χ1n) is 8.92. The highest BCUT2D eigenvalue weighted by Crippen LogP contribution is 2.25. The Morgan fingerprint density at radius 1 is 1.07 bits per heavy atom. The Labute approximate surface area is 162 Å². The average Bonchev–Trinajstić information content (AvgIpc) is 2.61. The molecular weight excluding hydrogens is 362 g/mol. The summed E-state index contributed by atoms with van der Waals surface area (Å²) in [5.74, 6) is 1.02. The third kappa shape index (κ3) is 4.77. The number of benzene rings is 1. The molecule has 0 saturated heterocycles. The van der Waals surface area contributed by atoms with Crippen molar-refractivity contribution in [2.24, 2.45) is 0 Å². The van der Waals surface area contributed by atoms with Gasteiger partial charge < -0.3 is 16.4 Å². The molecule has 2 heterocycles. The largest absolute Gasteiger partial charge is 0.379 e. The Hall–Kier alpha value is -2.61. The van der Waals surface area contributed by atoms with Crippen LogP contribution in [0.15, 0.2) is 24.5 Å². The van der Waals surface area contributed by atoms with E-state index < -0.39 is 0 Å². The molecule has 0 unspecified atom stereocenters. The molecule has 7 nitrogen and oxygen atoms in total. The first-order valence-corrected chi connectivity index (χ1v) is 9.87. The van der Waals surface area contributed by atoms with Crippen LogP contribution in [0.5, 0.6) is 0 Å². The maximum absolute atomic E-state index is 12.6. The smallest absolute Gasteiger partial charge is 0.251 e. The van der Waals surface area contributed by atoms with Crippen LogP contribution in [0.3, 0.4) is 0 Å². The van der Waals surface area contributed by atoms with Gasteiger partial charge in [0.1, 0.15) is 5.69 Å². The summed E-state index contributed by atoms with van der Waals surface area (Å²) in [4.78, 5) is 28.9. The number of nitrogens with two attached hydrogens (primary N) is 1. The molecule has 4 bridgehead atoms. The predicted octanol–water partition coefficient (Wildman–Crippen LogP) is 1.37. The van der Waals surface area contributed by atoms with E-state index in [0.29, 0.717) is 30.9 Å². The van der Waals surface area contributed by atoms with Crippen molar-refractivity contribution in [2.45, 2.75) is 26.7 Å². The Bertz CT molecular complexity index is 885. The van der Waals surface area contributed by atoms with Gasteiger partial charge in [-0.1, -0.05) is 6.07 Å². The van der Waals surface area contributed by atoms with Gasteiger partial charge in [-0.25, -0.2) is 4.98 Å². The van der Waals surface area contributed by atoms with Gasteiger partial charge in [0.15, 0.2) is 17.8 Å². The van der Waals surface area contributed by atoms with E-state index in [2.05, 4.69) is 15.6 Å². The molecule has 2 amide bonds. The summed E-state index contributed by atoms with van der Waals surface area (Å²) < 4.78 is 1.92. The van der Waals surface area contributed by atoms with Gasteiger partial charge in [-0.3, -0.25) is 9.59 Å². The highest BCUT2D eigenvalue weighted by atomic mass is 32.2. The fourth-order valence-electron chi connectivity index (χ4n) is 3.03. The van der Waals surface area contributed by atoms with Gasteiger partial charge >= 0.3 is 0 Å². The fourth-order valence-corrected chi connectivity index (χ4v) is 3.87. The van der Waals surface area contributed by atoms with Crippen LogP contribution in [0.4, 0.5) is 5.82 Å². The van der Waals surface area contributed by atoms with Crippen LogP contribution in [-0.2, 0) is 4.79 Å². The van der Waals surface area contributed by atoms with Crippen molar-refractivity contribution in [3.63, 3.8) is 0 Å². The number of rotatable bonds is 0. The number of hydrogen-bond donors (Lipinski definition) is 3. The number of aromatic nitrogens is 2. The van der Waals surface area contributed by atoms with Crippen LogP contribution in [0, 0.1) is 13.8 Å². The Morgan fingerprint density at radius 3 is 2.63 bits per heavy atom. The molecule has 0 saturated carbocycles. The van der Waals surface area contributed by atoms with Crippen molar-refractivity contribution in [2.75, 3.05) is 24.6 Å². The standard InChI is InChI=1S/C19H23N5O2S/c1-12-8-13(2)15-9-14(12)16-10-24(11-17(20)23-16)27-7-3-4-18(25)21-5-6-22-19(15)26/h8-11H,3-7H2,1-2H3,(H3-,20,21,22,23,25,26)/p+1. The fraction of sp³-hybridized carbons (Fsp3) is 0.368. The van der Waals surface area contributed by atoms with Gasteiger partial charge in [0, 0.05) is 30.6 Å². The second-order valence-electron chi connectivity index (χ2n) is 6.56. The number of carbonyl (C=O) groups is 2. The van der Waals surface area contributed by atoms with Crippen LogP contribution < -0.4 is 20.3 Å². The lowest BCUT2D eigenvalue weighted by atomic mass is 9.97. The minimum atomic E-state index is -0.166. The molecule has 0 fully saturated rings. The number of hydrogen-bond acceptors (Lipinski definition) is 5. The molecule has 8 heteroatoms. The zero-order valence-electron chi connectivity index (χ0n) is 15.5. The molecule has 4 N–H and O–H groups in total. The van der Waals surface area contributed by atoms with Crippen molar-refractivity contribution in [3.8, 4) is 11.3 Å². The number of aryl methyl sites for hydroxylation is 2. The molecule has 0 atom stereocenters. The van der Waals surface area contributed by atoms with Gasteiger partial charge in [0.05, 0.1) is 5.75 Å². The lowest BCUT2D eigenvalue weighted by Gasteiger charge is -2.13. The van der Waals surface area contributed by atoms with Crippen LogP contribution in [-0.4, -0.2) is 35.6 Å². The highest BCUT2D eigenvalue weighted by molar-refractivity contribution is 7.92. The van der Waals surface area contributed by atoms with Crippen LogP contribution >= 0.6 is 11.9 Å². The molecule has 142 valence electrons. The van der Waals surface area contributed by atoms with Crippen molar-refractivity contribution in [1.82, 2.24) is 15.6 Å². The molecule has 27 heavy (non-hydrogen) atoms. The number of anilines is 1. The van der Waals surface area contributed by atoms with E-state index in [4.69, 9.17) is 5.73 Å². The molecule has 1 aliphatic heterocycles. The minimum Gasteiger partial charge on any atom is -0.379 e. The first-order chi connectivity index (χ1) is 12.9. The molecule has 0 radical (unpaired) electrons. The summed E-state index contributed by atoms with van der Waals surface area (Å²) in [5, 5.41) is 5.69. The molecule has 3 rings (SSSR count). The van der Waals surface area contributed by atoms with Crippen molar-refractivity contribution >= 4 is 29.6 Å². The monoisotopic (exact) mass is 386 g/mol. The van der Waals surface area contributed by atoms with Gasteiger partial charge in [0.2, 0.25) is 18.3 Å². The second kappa shape index (κ2) is 8.39. The van der Waals surface area contributed by atoms with E-state index in [-0.39, 0.29) is 11.8 Å². The van der Waals surface area contributed by atoms with Gasteiger partial charge in [-0.05, 0) is 37.5 Å². The van der Waals surface area contributed by atoms with Crippen LogP contribution in [0.1, 0.15) is 34.3 Å².